The molecule has 0 radical (unpaired) electrons. The SMILES string of the molecule is CC(=O)c1cnc2c(F)cc(F)c(Br)c2c1. The molecule has 0 aliphatic rings. The Morgan fingerprint density at radius 1 is 1.31 bits per heavy atom. The van der Waals surface area contributed by atoms with Gasteiger partial charge in [0, 0.05) is 23.2 Å². The van der Waals surface area contributed by atoms with Crippen LogP contribution in [0.5, 0.6) is 0 Å². The third-order valence-corrected chi connectivity index (χ3v) is 3.03. The van der Waals surface area contributed by atoms with Gasteiger partial charge >= 0.3 is 0 Å². The van der Waals surface area contributed by atoms with Gasteiger partial charge in [0.1, 0.15) is 11.3 Å². The summed E-state index contributed by atoms with van der Waals surface area (Å²) in [6, 6.07) is 2.17. The third kappa shape index (κ3) is 1.71. The Labute approximate surface area is 98.4 Å². The summed E-state index contributed by atoms with van der Waals surface area (Å²) in [7, 11) is 0. The molecule has 2 aromatic rings. The zero-order valence-corrected chi connectivity index (χ0v) is 9.81. The fourth-order valence-corrected chi connectivity index (χ4v) is 1.80. The second kappa shape index (κ2) is 3.90. The van der Waals surface area contributed by atoms with E-state index in [1.807, 2.05) is 0 Å². The number of pyridine rings is 1. The zero-order valence-electron chi connectivity index (χ0n) is 8.22. The first-order chi connectivity index (χ1) is 7.50. The number of aromatic nitrogens is 1. The van der Waals surface area contributed by atoms with Crippen molar-refractivity contribution in [3.05, 3.63) is 40.0 Å². The molecule has 0 atom stereocenters. The first-order valence-electron chi connectivity index (χ1n) is 4.45. The molecule has 0 bridgehead atoms. The number of carbonyl (C=O) groups excluding carboxylic acids is 1. The summed E-state index contributed by atoms with van der Waals surface area (Å²) in [5.74, 6) is -1.66. The molecule has 0 amide bonds. The van der Waals surface area contributed by atoms with Crippen molar-refractivity contribution >= 4 is 32.6 Å². The fourth-order valence-electron chi connectivity index (χ4n) is 1.39. The molecule has 1 heterocycles. The Bertz CT molecular complexity index is 598. The Hall–Kier alpha value is -1.36. The van der Waals surface area contributed by atoms with Crippen molar-refractivity contribution in [3.63, 3.8) is 0 Å². The summed E-state index contributed by atoms with van der Waals surface area (Å²) in [6.45, 7) is 1.37. The largest absolute Gasteiger partial charge is 0.294 e. The number of rotatable bonds is 1. The van der Waals surface area contributed by atoms with Gasteiger partial charge in [0.2, 0.25) is 0 Å². The Morgan fingerprint density at radius 2 is 2.00 bits per heavy atom. The average molecular weight is 286 g/mol. The number of ketones is 1. The Kier molecular flexibility index (Phi) is 2.71. The molecule has 2 nitrogen and oxygen atoms in total. The van der Waals surface area contributed by atoms with Crippen LogP contribution in [0.3, 0.4) is 0 Å². The molecule has 2 rings (SSSR count). The molecule has 0 aliphatic carbocycles. The average Bonchev–Trinajstić information content (AvgIpc) is 2.25. The first kappa shape index (κ1) is 11.1. The van der Waals surface area contributed by atoms with Crippen molar-refractivity contribution in [2.45, 2.75) is 6.92 Å². The molecule has 0 spiro atoms. The zero-order chi connectivity index (χ0) is 11.9. The van der Waals surface area contributed by atoms with Crippen LogP contribution in [0.1, 0.15) is 17.3 Å². The maximum absolute atomic E-state index is 13.4. The van der Waals surface area contributed by atoms with Gasteiger partial charge in [-0.2, -0.15) is 0 Å². The van der Waals surface area contributed by atoms with Crippen LogP contribution in [0.25, 0.3) is 10.9 Å². The number of hydrogen-bond donors (Lipinski definition) is 0. The Balaban J connectivity index is 2.86. The number of halogens is 3. The van der Waals surface area contributed by atoms with Gasteiger partial charge in [-0.05, 0) is 28.9 Å². The van der Waals surface area contributed by atoms with E-state index in [1.54, 1.807) is 0 Å². The van der Waals surface area contributed by atoms with Gasteiger partial charge in [-0.15, -0.1) is 0 Å². The molecule has 0 N–H and O–H groups in total. The van der Waals surface area contributed by atoms with E-state index in [-0.39, 0.29) is 21.2 Å². The van der Waals surface area contributed by atoms with Crippen molar-refractivity contribution in [2.24, 2.45) is 0 Å². The molecule has 1 aromatic carbocycles. The minimum atomic E-state index is -0.745. The third-order valence-electron chi connectivity index (χ3n) is 2.22. The van der Waals surface area contributed by atoms with E-state index in [4.69, 9.17) is 0 Å². The summed E-state index contributed by atoms with van der Waals surface area (Å²) >= 11 is 3.01. The van der Waals surface area contributed by atoms with E-state index in [0.717, 1.165) is 6.07 Å². The molecule has 0 aliphatic heterocycles. The van der Waals surface area contributed by atoms with Gasteiger partial charge in [0.15, 0.2) is 11.6 Å². The highest BCUT2D eigenvalue weighted by atomic mass is 79.9. The fraction of sp³-hybridized carbons (Fsp3) is 0.0909. The van der Waals surface area contributed by atoms with Crippen LogP contribution < -0.4 is 0 Å². The molecule has 0 saturated carbocycles. The lowest BCUT2D eigenvalue weighted by molar-refractivity contribution is 0.101. The summed E-state index contributed by atoms with van der Waals surface area (Å²) in [6.07, 6.45) is 1.28. The summed E-state index contributed by atoms with van der Waals surface area (Å²) in [4.78, 5) is 14.9. The molecule has 0 unspecified atom stereocenters. The van der Waals surface area contributed by atoms with E-state index in [9.17, 15) is 13.6 Å². The van der Waals surface area contributed by atoms with E-state index < -0.39 is 11.6 Å². The minimum absolute atomic E-state index is 0.0401. The van der Waals surface area contributed by atoms with Crippen LogP contribution in [-0.4, -0.2) is 10.8 Å². The minimum Gasteiger partial charge on any atom is -0.294 e. The summed E-state index contributed by atoms with van der Waals surface area (Å²) in [5.41, 5.74) is 0.358. The molecular weight excluding hydrogens is 280 g/mol. The number of carbonyl (C=O) groups is 1. The van der Waals surface area contributed by atoms with Crippen molar-refractivity contribution in [1.29, 1.82) is 0 Å². The topological polar surface area (TPSA) is 30.0 Å². The van der Waals surface area contributed by atoms with Crippen molar-refractivity contribution in [1.82, 2.24) is 4.98 Å². The van der Waals surface area contributed by atoms with Gasteiger partial charge in [-0.25, -0.2) is 8.78 Å². The lowest BCUT2D eigenvalue weighted by Crippen LogP contribution is -1.96. The highest BCUT2D eigenvalue weighted by Crippen LogP contribution is 2.28. The number of Topliss-reactive ketones (excluding diaryl/α,β-unsaturated/α-hetero) is 1. The van der Waals surface area contributed by atoms with Gasteiger partial charge in [-0.3, -0.25) is 9.78 Å². The van der Waals surface area contributed by atoms with Crippen LogP contribution in [0, 0.1) is 11.6 Å². The van der Waals surface area contributed by atoms with Crippen molar-refractivity contribution < 1.29 is 13.6 Å². The monoisotopic (exact) mass is 285 g/mol. The number of fused-ring (bicyclic) bond motifs is 1. The van der Waals surface area contributed by atoms with Gasteiger partial charge in [0.25, 0.3) is 0 Å². The second-order valence-electron chi connectivity index (χ2n) is 3.33. The van der Waals surface area contributed by atoms with E-state index in [1.165, 1.54) is 19.2 Å². The molecule has 5 heteroatoms. The normalized spacial score (nSPS) is 10.8. The molecule has 16 heavy (non-hydrogen) atoms. The maximum atomic E-state index is 13.4. The number of benzene rings is 1. The first-order valence-corrected chi connectivity index (χ1v) is 5.24. The van der Waals surface area contributed by atoms with Crippen LogP contribution >= 0.6 is 15.9 Å². The van der Waals surface area contributed by atoms with Gasteiger partial charge < -0.3 is 0 Å². The Morgan fingerprint density at radius 3 is 2.62 bits per heavy atom. The molecule has 1 aromatic heterocycles. The van der Waals surface area contributed by atoms with E-state index in [0.29, 0.717) is 5.56 Å². The molecule has 0 fully saturated rings. The lowest BCUT2D eigenvalue weighted by atomic mass is 10.1. The molecule has 0 saturated heterocycles. The number of nitrogens with zero attached hydrogens (tertiary/aromatic N) is 1. The van der Waals surface area contributed by atoms with Gasteiger partial charge in [-0.1, -0.05) is 0 Å². The maximum Gasteiger partial charge on any atom is 0.161 e. The summed E-state index contributed by atoms with van der Waals surface area (Å²) < 4.78 is 26.7. The van der Waals surface area contributed by atoms with Crippen molar-refractivity contribution in [2.75, 3.05) is 0 Å². The van der Waals surface area contributed by atoms with Gasteiger partial charge in [0.05, 0.1) is 4.47 Å². The predicted octanol–water partition coefficient (Wildman–Crippen LogP) is 3.48. The number of hydrogen-bond acceptors (Lipinski definition) is 2. The quantitative estimate of drug-likeness (QED) is 0.593. The lowest BCUT2D eigenvalue weighted by Gasteiger charge is -2.04. The second-order valence-corrected chi connectivity index (χ2v) is 4.12. The summed E-state index contributed by atoms with van der Waals surface area (Å²) in [5, 5.41) is 0.255. The van der Waals surface area contributed by atoms with Crippen LogP contribution in [0.4, 0.5) is 8.78 Å². The predicted molar refractivity (Wildman–Crippen MR) is 59.4 cm³/mol. The van der Waals surface area contributed by atoms with E-state index in [2.05, 4.69) is 20.9 Å². The van der Waals surface area contributed by atoms with Crippen LogP contribution in [-0.2, 0) is 0 Å². The van der Waals surface area contributed by atoms with Crippen LogP contribution in [0.2, 0.25) is 0 Å². The van der Waals surface area contributed by atoms with Crippen molar-refractivity contribution in [3.8, 4) is 0 Å². The van der Waals surface area contributed by atoms with E-state index >= 15 is 0 Å². The molecular formula is C11H6BrF2NO. The molecule has 82 valence electrons. The smallest absolute Gasteiger partial charge is 0.161 e. The highest BCUT2D eigenvalue weighted by molar-refractivity contribution is 9.10. The standard InChI is InChI=1S/C11H6BrF2NO/c1-5(16)6-2-7-10(12)8(13)3-9(14)11(7)15-4-6/h2-4H,1H3. The van der Waals surface area contributed by atoms with Crippen LogP contribution in [0.15, 0.2) is 22.8 Å². The highest BCUT2D eigenvalue weighted by Gasteiger charge is 2.13.